The lowest BCUT2D eigenvalue weighted by atomic mass is 10.1. The number of halogens is 2. The zero-order valence-corrected chi connectivity index (χ0v) is 15.4. The molecule has 4 nitrogen and oxygen atoms in total. The van der Waals surface area contributed by atoms with E-state index in [1.807, 2.05) is 25.5 Å². The Morgan fingerprint density at radius 2 is 2.13 bits per heavy atom. The number of rotatable bonds is 7. The number of nitrogens with one attached hydrogen (secondary N) is 1. The molecule has 1 N–H and O–H groups in total. The minimum absolute atomic E-state index is 0.0308. The lowest BCUT2D eigenvalue weighted by Gasteiger charge is -2.07. The third-order valence-electron chi connectivity index (χ3n) is 3.12. The average molecular weight is 372 g/mol. The van der Waals surface area contributed by atoms with E-state index in [2.05, 4.69) is 15.2 Å². The van der Waals surface area contributed by atoms with Gasteiger partial charge < -0.3 is 10.2 Å². The minimum Gasteiger partial charge on any atom is -0.355 e. The highest BCUT2D eigenvalue weighted by Crippen LogP contribution is 2.21. The van der Waals surface area contributed by atoms with Crippen molar-refractivity contribution in [2.45, 2.75) is 19.4 Å². The monoisotopic (exact) mass is 371 g/mol. The standard InChI is InChI=1S/C16H19Cl2N3OS/c1-21(2)9-16-20-13(10-23-16)8-15(22)19-6-5-11-3-4-12(17)7-14(11)18/h3-4,7,10H,5-6,8-9H2,1-2H3,(H,19,22). The second-order valence-electron chi connectivity index (χ2n) is 5.48. The van der Waals surface area contributed by atoms with Crippen LogP contribution in [0.15, 0.2) is 23.6 Å². The molecule has 0 saturated carbocycles. The number of thiazole rings is 1. The fourth-order valence-electron chi connectivity index (χ4n) is 2.06. The van der Waals surface area contributed by atoms with E-state index in [1.165, 1.54) is 0 Å². The number of benzene rings is 1. The van der Waals surface area contributed by atoms with Gasteiger partial charge in [-0.25, -0.2) is 4.98 Å². The molecule has 1 aromatic carbocycles. The van der Waals surface area contributed by atoms with Crippen LogP contribution in [0.2, 0.25) is 10.0 Å². The van der Waals surface area contributed by atoms with E-state index in [0.29, 0.717) is 29.4 Å². The normalized spacial score (nSPS) is 11.0. The molecule has 1 amide bonds. The molecule has 0 aliphatic rings. The minimum atomic E-state index is -0.0308. The summed E-state index contributed by atoms with van der Waals surface area (Å²) in [7, 11) is 3.99. The van der Waals surface area contributed by atoms with Crippen LogP contribution < -0.4 is 5.32 Å². The van der Waals surface area contributed by atoms with Crippen molar-refractivity contribution in [2.75, 3.05) is 20.6 Å². The lowest BCUT2D eigenvalue weighted by molar-refractivity contribution is -0.120. The maximum Gasteiger partial charge on any atom is 0.226 e. The summed E-state index contributed by atoms with van der Waals surface area (Å²) in [4.78, 5) is 18.5. The molecule has 1 heterocycles. The summed E-state index contributed by atoms with van der Waals surface area (Å²) in [5.41, 5.74) is 1.78. The molecule has 0 bridgehead atoms. The van der Waals surface area contributed by atoms with Gasteiger partial charge in [-0.1, -0.05) is 29.3 Å². The third kappa shape index (κ3) is 6.11. The van der Waals surface area contributed by atoms with Crippen LogP contribution in [0.5, 0.6) is 0 Å². The molecule has 0 saturated heterocycles. The van der Waals surface area contributed by atoms with Gasteiger partial charge in [0, 0.05) is 28.5 Å². The quantitative estimate of drug-likeness (QED) is 0.810. The van der Waals surface area contributed by atoms with Crippen molar-refractivity contribution in [1.29, 1.82) is 0 Å². The first-order valence-electron chi connectivity index (χ1n) is 7.22. The van der Waals surface area contributed by atoms with E-state index in [1.54, 1.807) is 23.5 Å². The predicted molar refractivity (Wildman–Crippen MR) is 96.4 cm³/mol. The lowest BCUT2D eigenvalue weighted by Crippen LogP contribution is -2.27. The van der Waals surface area contributed by atoms with Crippen LogP contribution in [0.25, 0.3) is 0 Å². The first-order chi connectivity index (χ1) is 10.9. The van der Waals surface area contributed by atoms with Gasteiger partial charge in [0.05, 0.1) is 12.1 Å². The van der Waals surface area contributed by atoms with Crippen LogP contribution in [0.3, 0.4) is 0 Å². The zero-order valence-electron chi connectivity index (χ0n) is 13.1. The van der Waals surface area contributed by atoms with Crippen LogP contribution >= 0.6 is 34.5 Å². The van der Waals surface area contributed by atoms with E-state index < -0.39 is 0 Å². The molecule has 2 rings (SSSR count). The first-order valence-corrected chi connectivity index (χ1v) is 8.86. The fraction of sp³-hybridized carbons (Fsp3) is 0.375. The highest BCUT2D eigenvalue weighted by atomic mass is 35.5. The van der Waals surface area contributed by atoms with Gasteiger partial charge in [-0.05, 0) is 38.2 Å². The molecule has 23 heavy (non-hydrogen) atoms. The molecule has 1 aromatic heterocycles. The molecule has 0 unspecified atom stereocenters. The number of amides is 1. The molecule has 0 aliphatic heterocycles. The van der Waals surface area contributed by atoms with E-state index >= 15 is 0 Å². The van der Waals surface area contributed by atoms with Gasteiger partial charge in [0.25, 0.3) is 0 Å². The largest absolute Gasteiger partial charge is 0.355 e. The van der Waals surface area contributed by atoms with Gasteiger partial charge in [0.2, 0.25) is 5.91 Å². The molecule has 0 radical (unpaired) electrons. The van der Waals surface area contributed by atoms with Crippen molar-refractivity contribution in [1.82, 2.24) is 15.2 Å². The summed E-state index contributed by atoms with van der Waals surface area (Å²) < 4.78 is 0. The van der Waals surface area contributed by atoms with Crippen molar-refractivity contribution in [3.63, 3.8) is 0 Å². The third-order valence-corrected chi connectivity index (χ3v) is 4.59. The number of aromatic nitrogens is 1. The molecule has 2 aromatic rings. The Labute approximate surface area is 150 Å². The summed E-state index contributed by atoms with van der Waals surface area (Å²) >= 11 is 13.6. The van der Waals surface area contributed by atoms with Crippen LogP contribution in [-0.2, 0) is 24.2 Å². The summed E-state index contributed by atoms with van der Waals surface area (Å²) in [6.07, 6.45) is 0.975. The second-order valence-corrected chi connectivity index (χ2v) is 7.27. The van der Waals surface area contributed by atoms with Gasteiger partial charge in [-0.2, -0.15) is 0 Å². The highest BCUT2D eigenvalue weighted by molar-refractivity contribution is 7.09. The van der Waals surface area contributed by atoms with Crippen LogP contribution in [-0.4, -0.2) is 36.4 Å². The van der Waals surface area contributed by atoms with Gasteiger partial charge in [0.15, 0.2) is 0 Å². The van der Waals surface area contributed by atoms with Gasteiger partial charge >= 0.3 is 0 Å². The number of hydrogen-bond acceptors (Lipinski definition) is 4. The summed E-state index contributed by atoms with van der Waals surface area (Å²) in [5.74, 6) is -0.0308. The topological polar surface area (TPSA) is 45.2 Å². The first kappa shape index (κ1) is 18.2. The Morgan fingerprint density at radius 3 is 2.83 bits per heavy atom. The van der Waals surface area contributed by atoms with Crippen molar-refractivity contribution in [2.24, 2.45) is 0 Å². The van der Waals surface area contributed by atoms with E-state index in [9.17, 15) is 4.79 Å². The van der Waals surface area contributed by atoms with Crippen LogP contribution in [0, 0.1) is 0 Å². The number of hydrogen-bond donors (Lipinski definition) is 1. The number of nitrogens with zero attached hydrogens (tertiary/aromatic N) is 2. The molecular formula is C16H19Cl2N3OS. The van der Waals surface area contributed by atoms with Crippen molar-refractivity contribution < 1.29 is 4.79 Å². The molecule has 124 valence electrons. The smallest absolute Gasteiger partial charge is 0.226 e. The van der Waals surface area contributed by atoms with E-state index in [0.717, 1.165) is 22.8 Å². The van der Waals surface area contributed by atoms with Crippen molar-refractivity contribution >= 4 is 40.4 Å². The summed E-state index contributed by atoms with van der Waals surface area (Å²) in [5, 5.41) is 7.09. The SMILES string of the molecule is CN(C)Cc1nc(CC(=O)NCCc2ccc(Cl)cc2Cl)cs1. The molecule has 0 aliphatic carbocycles. The Bertz CT molecular complexity index is 673. The molecule has 0 fully saturated rings. The fourth-order valence-corrected chi connectivity index (χ4v) is 3.48. The Morgan fingerprint density at radius 1 is 1.35 bits per heavy atom. The van der Waals surface area contributed by atoms with Gasteiger partial charge in [0.1, 0.15) is 5.01 Å². The van der Waals surface area contributed by atoms with Gasteiger partial charge in [-0.15, -0.1) is 11.3 Å². The molecule has 0 spiro atoms. The van der Waals surface area contributed by atoms with Crippen molar-refractivity contribution in [3.8, 4) is 0 Å². The zero-order chi connectivity index (χ0) is 16.8. The summed E-state index contributed by atoms with van der Waals surface area (Å²) in [6.45, 7) is 1.33. The van der Waals surface area contributed by atoms with E-state index in [4.69, 9.17) is 23.2 Å². The molecular weight excluding hydrogens is 353 g/mol. The maximum atomic E-state index is 12.0. The molecule has 7 heteroatoms. The summed E-state index contributed by atoms with van der Waals surface area (Å²) in [6, 6.07) is 5.39. The maximum absolute atomic E-state index is 12.0. The van der Waals surface area contributed by atoms with Crippen molar-refractivity contribution in [3.05, 3.63) is 49.9 Å². The van der Waals surface area contributed by atoms with Crippen LogP contribution in [0.1, 0.15) is 16.3 Å². The second kappa shape index (κ2) is 8.64. The Balaban J connectivity index is 1.77. The average Bonchev–Trinajstić information content (AvgIpc) is 2.87. The van der Waals surface area contributed by atoms with Crippen LogP contribution in [0.4, 0.5) is 0 Å². The number of carbonyl (C=O) groups excluding carboxylic acids is 1. The predicted octanol–water partition coefficient (Wildman–Crippen LogP) is 3.41. The van der Waals surface area contributed by atoms with Gasteiger partial charge in [-0.3, -0.25) is 4.79 Å². The molecule has 0 atom stereocenters. The highest BCUT2D eigenvalue weighted by Gasteiger charge is 2.08. The Hall–Kier alpha value is -1.14. The number of carbonyl (C=O) groups is 1. The Kier molecular flexibility index (Phi) is 6.84. The van der Waals surface area contributed by atoms with E-state index in [-0.39, 0.29) is 5.91 Å².